The van der Waals surface area contributed by atoms with Crippen LogP contribution in [0.5, 0.6) is 0 Å². The Balaban J connectivity index is 1.57. The lowest BCUT2D eigenvalue weighted by atomic mass is 9.67. The smallest absolute Gasteiger partial charge is 0.303 e. The van der Waals surface area contributed by atoms with Gasteiger partial charge in [0.2, 0.25) is 0 Å². The van der Waals surface area contributed by atoms with Crippen LogP contribution in [0.25, 0.3) is 0 Å². The van der Waals surface area contributed by atoms with Crippen molar-refractivity contribution in [2.45, 2.75) is 106 Å². The highest BCUT2D eigenvalue weighted by atomic mass is 33.1. The lowest BCUT2D eigenvalue weighted by Crippen LogP contribution is -2.54. The standard InChI is InChI=1S/C24H40N2O4S2/c1-25-18-5-6-19(25)13-16(12-18)24(10-9-23(29)30,32-31-11-3-4-22(27)28)17-14-20-7-8-21(15-17)26(20)2/h16-21H,3-15H2,1-2H3,(H,27,28)(H,29,30)/t16?,17?,18-,19+,20-,21+,24?. The number of hydrogen-bond donors (Lipinski definition) is 2. The third-order valence-corrected chi connectivity index (χ3v) is 12.7. The quantitative estimate of drug-likeness (QED) is 0.326. The van der Waals surface area contributed by atoms with Crippen molar-refractivity contribution < 1.29 is 19.8 Å². The van der Waals surface area contributed by atoms with E-state index in [1.165, 1.54) is 51.4 Å². The molecule has 0 aromatic heterocycles. The lowest BCUT2D eigenvalue weighted by molar-refractivity contribution is -0.138. The molecule has 0 aromatic carbocycles. The van der Waals surface area contributed by atoms with E-state index in [9.17, 15) is 14.7 Å². The van der Waals surface area contributed by atoms with E-state index in [0.29, 0.717) is 42.4 Å². The maximum absolute atomic E-state index is 11.8. The SMILES string of the molecule is CN1[C@@H]2CC[C@H]1CC(C(CCC(=O)O)(SSCCCC(=O)O)C1C[C@H]3CC[C@@H](C1)N3C)C2. The Bertz CT molecular complexity index is 631. The van der Waals surface area contributed by atoms with E-state index >= 15 is 0 Å². The van der Waals surface area contributed by atoms with Crippen LogP contribution in [0, 0.1) is 11.8 Å². The predicted octanol–water partition coefficient (Wildman–Crippen LogP) is 4.58. The summed E-state index contributed by atoms with van der Waals surface area (Å²) >= 11 is 0. The van der Waals surface area contributed by atoms with E-state index in [2.05, 4.69) is 23.9 Å². The number of hydrogen-bond acceptors (Lipinski definition) is 6. The van der Waals surface area contributed by atoms with Gasteiger partial charge in [0.1, 0.15) is 0 Å². The molecule has 4 bridgehead atoms. The zero-order valence-corrected chi connectivity index (χ0v) is 21.2. The highest BCUT2D eigenvalue weighted by Gasteiger charge is 2.54. The van der Waals surface area contributed by atoms with Crippen LogP contribution in [0.1, 0.15) is 77.0 Å². The van der Waals surface area contributed by atoms with E-state index < -0.39 is 11.9 Å². The molecule has 182 valence electrons. The fourth-order valence-corrected chi connectivity index (χ4v) is 11.0. The first-order valence-electron chi connectivity index (χ1n) is 12.5. The minimum atomic E-state index is -0.730. The second kappa shape index (κ2) is 10.4. The Morgan fingerprint density at radius 3 is 1.66 bits per heavy atom. The third-order valence-electron chi connectivity index (χ3n) is 9.14. The third kappa shape index (κ3) is 5.13. The average molecular weight is 485 g/mol. The van der Waals surface area contributed by atoms with Crippen molar-refractivity contribution in [2.24, 2.45) is 11.8 Å². The van der Waals surface area contributed by atoms with Crippen LogP contribution >= 0.6 is 21.6 Å². The van der Waals surface area contributed by atoms with Gasteiger partial charge in [-0.05, 0) is 90.1 Å². The molecular weight excluding hydrogens is 444 g/mol. The molecule has 2 unspecified atom stereocenters. The van der Waals surface area contributed by atoms with Gasteiger partial charge in [-0.3, -0.25) is 9.59 Å². The number of nitrogens with zero attached hydrogens (tertiary/aromatic N) is 2. The second-order valence-corrected chi connectivity index (χ2v) is 13.5. The number of aliphatic carboxylic acids is 2. The first-order chi connectivity index (χ1) is 15.3. The summed E-state index contributed by atoms with van der Waals surface area (Å²) in [5.41, 5.74) is 0. The predicted molar refractivity (Wildman–Crippen MR) is 131 cm³/mol. The van der Waals surface area contributed by atoms with Crippen LogP contribution in [-0.2, 0) is 9.59 Å². The van der Waals surface area contributed by atoms with Crippen LogP contribution in [0.2, 0.25) is 0 Å². The summed E-state index contributed by atoms with van der Waals surface area (Å²) in [5.74, 6) is 0.523. The van der Waals surface area contributed by atoms with Crippen molar-refractivity contribution in [3.8, 4) is 0 Å². The largest absolute Gasteiger partial charge is 0.481 e. The van der Waals surface area contributed by atoms with Gasteiger partial charge in [-0.25, -0.2) is 0 Å². The Morgan fingerprint density at radius 2 is 1.25 bits per heavy atom. The van der Waals surface area contributed by atoms with Crippen molar-refractivity contribution in [2.75, 3.05) is 19.8 Å². The van der Waals surface area contributed by atoms with Crippen molar-refractivity contribution in [3.63, 3.8) is 0 Å². The minimum absolute atomic E-state index is 0.0174. The topological polar surface area (TPSA) is 81.1 Å². The fraction of sp³-hybridized carbons (Fsp3) is 0.917. The summed E-state index contributed by atoms with van der Waals surface area (Å²) in [4.78, 5) is 27.9. The summed E-state index contributed by atoms with van der Waals surface area (Å²) < 4.78 is -0.0174. The molecule has 6 atom stereocenters. The van der Waals surface area contributed by atoms with Gasteiger partial charge in [-0.1, -0.05) is 21.6 Å². The molecule has 0 spiro atoms. The van der Waals surface area contributed by atoms with Crippen LogP contribution < -0.4 is 0 Å². The zero-order valence-electron chi connectivity index (χ0n) is 19.6. The van der Waals surface area contributed by atoms with E-state index in [4.69, 9.17) is 5.11 Å². The van der Waals surface area contributed by atoms with Gasteiger partial charge >= 0.3 is 11.9 Å². The van der Waals surface area contributed by atoms with E-state index in [1.54, 1.807) is 0 Å². The molecule has 0 radical (unpaired) electrons. The molecule has 0 aromatic rings. The number of carboxylic acids is 2. The summed E-state index contributed by atoms with van der Waals surface area (Å²) in [7, 11) is 8.34. The summed E-state index contributed by atoms with van der Waals surface area (Å²) in [6, 6.07) is 2.57. The molecule has 2 N–H and O–H groups in total. The van der Waals surface area contributed by atoms with Gasteiger partial charge < -0.3 is 20.0 Å². The van der Waals surface area contributed by atoms with E-state index in [0.717, 1.165) is 12.2 Å². The summed E-state index contributed by atoms with van der Waals surface area (Å²) in [6.07, 6.45) is 11.8. The molecule has 4 aliphatic rings. The molecule has 4 saturated heterocycles. The maximum Gasteiger partial charge on any atom is 0.303 e. The molecule has 4 aliphatic heterocycles. The van der Waals surface area contributed by atoms with Gasteiger partial charge in [0.15, 0.2) is 0 Å². The molecule has 4 heterocycles. The molecule has 32 heavy (non-hydrogen) atoms. The number of carboxylic acid groups (broad SMARTS) is 2. The van der Waals surface area contributed by atoms with Crippen molar-refractivity contribution in [1.29, 1.82) is 0 Å². The molecule has 6 nitrogen and oxygen atoms in total. The molecule has 4 fully saturated rings. The maximum atomic E-state index is 11.8. The average Bonchev–Trinajstić information content (AvgIpc) is 3.08. The van der Waals surface area contributed by atoms with Crippen molar-refractivity contribution in [1.82, 2.24) is 9.80 Å². The second-order valence-electron chi connectivity index (χ2n) is 10.7. The normalized spacial score (nSPS) is 36.8. The fourth-order valence-electron chi connectivity index (χ4n) is 7.28. The van der Waals surface area contributed by atoms with Crippen LogP contribution in [0.4, 0.5) is 0 Å². The van der Waals surface area contributed by atoms with E-state index in [-0.39, 0.29) is 17.6 Å². The number of rotatable bonds is 11. The van der Waals surface area contributed by atoms with Gasteiger partial charge in [0.05, 0.1) is 0 Å². The Morgan fingerprint density at radius 1 is 0.812 bits per heavy atom. The molecule has 0 aliphatic carbocycles. The lowest BCUT2D eigenvalue weighted by Gasteiger charge is -2.53. The first-order valence-corrected chi connectivity index (χ1v) is 14.8. The highest BCUT2D eigenvalue weighted by molar-refractivity contribution is 8.77. The molecule has 4 rings (SSSR count). The Kier molecular flexibility index (Phi) is 8.06. The van der Waals surface area contributed by atoms with Gasteiger partial charge in [-0.15, -0.1) is 0 Å². The van der Waals surface area contributed by atoms with Gasteiger partial charge in [-0.2, -0.15) is 0 Å². The highest BCUT2D eigenvalue weighted by Crippen LogP contribution is 2.59. The van der Waals surface area contributed by atoms with Crippen molar-refractivity contribution in [3.05, 3.63) is 0 Å². The molecular formula is C24H40N2O4S2. The van der Waals surface area contributed by atoms with E-state index in [1.807, 2.05) is 21.6 Å². The van der Waals surface area contributed by atoms with Crippen LogP contribution in [0.3, 0.4) is 0 Å². The Hall–Kier alpha value is -0.440. The number of carbonyl (C=O) groups is 2. The number of piperidine rings is 2. The molecule has 8 heteroatoms. The minimum Gasteiger partial charge on any atom is -0.481 e. The van der Waals surface area contributed by atoms with Gasteiger partial charge in [0.25, 0.3) is 0 Å². The van der Waals surface area contributed by atoms with Crippen molar-refractivity contribution >= 4 is 33.5 Å². The monoisotopic (exact) mass is 484 g/mol. The first kappa shape index (κ1) is 24.7. The van der Waals surface area contributed by atoms with Crippen LogP contribution in [0.15, 0.2) is 0 Å². The Labute approximate surface area is 200 Å². The molecule has 0 amide bonds. The number of fused-ring (bicyclic) bond motifs is 4. The van der Waals surface area contributed by atoms with Crippen LogP contribution in [-0.4, -0.2) is 80.7 Å². The molecule has 0 saturated carbocycles. The van der Waals surface area contributed by atoms with Gasteiger partial charge in [0, 0.05) is 47.5 Å². The summed E-state index contributed by atoms with van der Waals surface area (Å²) in [5, 5.41) is 18.7. The zero-order chi connectivity index (χ0) is 22.9. The summed E-state index contributed by atoms with van der Waals surface area (Å²) in [6.45, 7) is 0.